The van der Waals surface area contributed by atoms with Gasteiger partial charge in [-0.15, -0.1) is 0 Å². The van der Waals surface area contributed by atoms with Gasteiger partial charge in [0, 0.05) is 63.3 Å². The Morgan fingerprint density at radius 3 is 2.50 bits per heavy atom. The maximum Gasteiger partial charge on any atom is 0.312 e. The Morgan fingerprint density at radius 1 is 1.06 bits per heavy atom. The van der Waals surface area contributed by atoms with Crippen molar-refractivity contribution in [2.75, 3.05) is 50.7 Å². The molecule has 0 saturated carbocycles. The van der Waals surface area contributed by atoms with E-state index < -0.39 is 0 Å². The van der Waals surface area contributed by atoms with Gasteiger partial charge in [-0.3, -0.25) is 14.6 Å². The molecule has 0 radical (unpaired) electrons. The predicted octanol–water partition coefficient (Wildman–Crippen LogP) is 2.83. The molecule has 2 aromatic rings. The third-order valence-electron chi connectivity index (χ3n) is 7.63. The smallest absolute Gasteiger partial charge is 0.312 e. The maximum absolute atomic E-state index is 12.8. The van der Waals surface area contributed by atoms with Crippen LogP contribution in [-0.2, 0) is 16.1 Å². The molecule has 7 nitrogen and oxygen atoms in total. The fourth-order valence-corrected chi connectivity index (χ4v) is 5.47. The summed E-state index contributed by atoms with van der Waals surface area (Å²) in [5, 5.41) is 0. The molecule has 3 fully saturated rings. The SMILES string of the molecule is Cc1ccc(N2CCN(CCC3CC4(CCN(Cc5cnc[nH]5)CC4)C(=O)O3)CC2)cc1. The van der Waals surface area contributed by atoms with Crippen molar-refractivity contribution in [1.29, 1.82) is 0 Å². The molecule has 3 saturated heterocycles. The number of hydrogen-bond donors (Lipinski definition) is 1. The average Bonchev–Trinajstić information content (AvgIpc) is 3.43. The number of carbonyl (C=O) groups is 1. The molecule has 172 valence electrons. The lowest BCUT2D eigenvalue weighted by atomic mass is 9.75. The largest absolute Gasteiger partial charge is 0.462 e. The zero-order valence-corrected chi connectivity index (χ0v) is 19.1. The number of piperidine rings is 1. The number of nitrogens with one attached hydrogen (secondary N) is 1. The third-order valence-corrected chi connectivity index (χ3v) is 7.63. The Bertz CT molecular complexity index is 882. The lowest BCUT2D eigenvalue weighted by Gasteiger charge is -2.37. The van der Waals surface area contributed by atoms with E-state index in [4.69, 9.17) is 4.74 Å². The van der Waals surface area contributed by atoms with Crippen LogP contribution in [0.1, 0.15) is 36.9 Å². The van der Waals surface area contributed by atoms with E-state index in [0.29, 0.717) is 0 Å². The van der Waals surface area contributed by atoms with Crippen molar-refractivity contribution in [3.8, 4) is 0 Å². The van der Waals surface area contributed by atoms with E-state index in [2.05, 4.69) is 55.9 Å². The number of hydrogen-bond acceptors (Lipinski definition) is 6. The van der Waals surface area contributed by atoms with Crippen LogP contribution >= 0.6 is 0 Å². The molecule has 5 rings (SSSR count). The number of H-pyrrole nitrogens is 1. The summed E-state index contributed by atoms with van der Waals surface area (Å²) in [6.45, 7) is 10.2. The Hall–Kier alpha value is -2.38. The summed E-state index contributed by atoms with van der Waals surface area (Å²) in [7, 11) is 0. The summed E-state index contributed by atoms with van der Waals surface area (Å²) >= 11 is 0. The second-order valence-electron chi connectivity index (χ2n) is 9.82. The highest BCUT2D eigenvalue weighted by Crippen LogP contribution is 2.44. The lowest BCUT2D eigenvalue weighted by Crippen LogP contribution is -2.47. The highest BCUT2D eigenvalue weighted by atomic mass is 16.6. The molecule has 3 aliphatic heterocycles. The van der Waals surface area contributed by atoms with E-state index in [1.165, 1.54) is 11.3 Å². The molecular weight excluding hydrogens is 402 g/mol. The van der Waals surface area contributed by atoms with Gasteiger partial charge in [0.1, 0.15) is 6.10 Å². The molecule has 7 heteroatoms. The van der Waals surface area contributed by atoms with Gasteiger partial charge in [-0.1, -0.05) is 17.7 Å². The second-order valence-corrected chi connectivity index (χ2v) is 9.82. The van der Waals surface area contributed by atoms with Gasteiger partial charge in [-0.25, -0.2) is 4.98 Å². The zero-order chi connectivity index (χ0) is 22.0. The molecule has 3 aliphatic rings. The van der Waals surface area contributed by atoms with Crippen LogP contribution < -0.4 is 4.90 Å². The normalized spacial score (nSPS) is 24.2. The van der Waals surface area contributed by atoms with E-state index in [1.807, 2.05) is 6.20 Å². The van der Waals surface area contributed by atoms with E-state index >= 15 is 0 Å². The molecule has 1 N–H and O–H groups in total. The van der Waals surface area contributed by atoms with Gasteiger partial charge < -0.3 is 14.6 Å². The number of rotatable bonds is 6. The van der Waals surface area contributed by atoms with E-state index in [-0.39, 0.29) is 17.5 Å². The van der Waals surface area contributed by atoms with Crippen LogP contribution in [-0.4, -0.2) is 77.7 Å². The minimum Gasteiger partial charge on any atom is -0.462 e. The monoisotopic (exact) mass is 437 g/mol. The number of imidazole rings is 1. The first-order chi connectivity index (χ1) is 15.6. The zero-order valence-electron chi connectivity index (χ0n) is 19.1. The Morgan fingerprint density at radius 2 is 1.81 bits per heavy atom. The number of aryl methyl sites for hydroxylation is 1. The van der Waals surface area contributed by atoms with Crippen LogP contribution in [0.25, 0.3) is 0 Å². The number of likely N-dealkylation sites (tertiary alicyclic amines) is 1. The molecule has 0 aliphatic carbocycles. The number of aromatic nitrogens is 2. The van der Waals surface area contributed by atoms with Crippen molar-refractivity contribution in [3.63, 3.8) is 0 Å². The van der Waals surface area contributed by atoms with Gasteiger partial charge in [-0.2, -0.15) is 0 Å². The first-order valence-electron chi connectivity index (χ1n) is 12.0. The van der Waals surface area contributed by atoms with Crippen molar-refractivity contribution in [1.82, 2.24) is 19.8 Å². The van der Waals surface area contributed by atoms with Crippen molar-refractivity contribution >= 4 is 11.7 Å². The van der Waals surface area contributed by atoms with Gasteiger partial charge in [-0.05, 0) is 51.4 Å². The molecule has 0 amide bonds. The number of aromatic amines is 1. The van der Waals surface area contributed by atoms with Crippen LogP contribution in [0.2, 0.25) is 0 Å². The average molecular weight is 438 g/mol. The van der Waals surface area contributed by atoms with Gasteiger partial charge >= 0.3 is 5.97 Å². The number of anilines is 1. The molecule has 1 atom stereocenters. The maximum atomic E-state index is 12.8. The number of ether oxygens (including phenoxy) is 1. The fourth-order valence-electron chi connectivity index (χ4n) is 5.47. The third kappa shape index (κ3) is 4.69. The first kappa shape index (κ1) is 21.5. The van der Waals surface area contributed by atoms with Crippen LogP contribution in [0.3, 0.4) is 0 Å². The van der Waals surface area contributed by atoms with E-state index in [0.717, 1.165) is 83.7 Å². The van der Waals surface area contributed by atoms with Crippen molar-refractivity contribution in [3.05, 3.63) is 48.0 Å². The van der Waals surface area contributed by atoms with Gasteiger partial charge in [0.25, 0.3) is 0 Å². The number of carbonyl (C=O) groups excluding carboxylic acids is 1. The van der Waals surface area contributed by atoms with E-state index in [1.54, 1.807) is 6.33 Å². The number of esters is 1. The standard InChI is InChI=1S/C25H35N5O2/c1-20-2-4-22(5-3-20)30-14-12-28(13-15-30)9-6-23-16-25(24(31)32-23)7-10-29(11-8-25)18-21-17-26-19-27-21/h2-5,17,19,23H,6-16,18H2,1H3,(H,26,27). The molecule has 1 aromatic carbocycles. The summed E-state index contributed by atoms with van der Waals surface area (Å²) < 4.78 is 5.88. The summed E-state index contributed by atoms with van der Waals surface area (Å²) in [6, 6.07) is 8.83. The molecule has 1 unspecified atom stereocenters. The fraction of sp³-hybridized carbons (Fsp3) is 0.600. The minimum absolute atomic E-state index is 0.0490. The first-order valence-corrected chi connectivity index (χ1v) is 12.0. The number of cyclic esters (lactones) is 1. The molecular formula is C25H35N5O2. The highest BCUT2D eigenvalue weighted by molar-refractivity contribution is 5.79. The second kappa shape index (κ2) is 9.24. The number of nitrogens with zero attached hydrogens (tertiary/aromatic N) is 4. The topological polar surface area (TPSA) is 64.7 Å². The summed E-state index contributed by atoms with van der Waals surface area (Å²) in [4.78, 5) is 27.5. The summed E-state index contributed by atoms with van der Waals surface area (Å²) in [5.74, 6) is 0.0490. The highest BCUT2D eigenvalue weighted by Gasteiger charge is 2.50. The van der Waals surface area contributed by atoms with Gasteiger partial charge in [0.15, 0.2) is 0 Å². The lowest BCUT2D eigenvalue weighted by molar-refractivity contribution is -0.151. The van der Waals surface area contributed by atoms with E-state index in [9.17, 15) is 4.79 Å². The van der Waals surface area contributed by atoms with Gasteiger partial charge in [0.2, 0.25) is 0 Å². The van der Waals surface area contributed by atoms with Crippen LogP contribution in [0.5, 0.6) is 0 Å². The Balaban J connectivity index is 1.06. The molecule has 1 spiro atoms. The number of benzene rings is 1. The van der Waals surface area contributed by atoms with Crippen molar-refractivity contribution in [2.45, 2.75) is 45.3 Å². The quantitative estimate of drug-likeness (QED) is 0.701. The van der Waals surface area contributed by atoms with Crippen LogP contribution in [0, 0.1) is 12.3 Å². The van der Waals surface area contributed by atoms with Crippen LogP contribution in [0.4, 0.5) is 5.69 Å². The Kier molecular flexibility index (Phi) is 6.20. The summed E-state index contributed by atoms with van der Waals surface area (Å²) in [6.07, 6.45) is 7.35. The van der Waals surface area contributed by atoms with Gasteiger partial charge in [0.05, 0.1) is 11.7 Å². The molecule has 1 aromatic heterocycles. The van der Waals surface area contributed by atoms with Crippen molar-refractivity contribution in [2.24, 2.45) is 5.41 Å². The molecule has 0 bridgehead atoms. The molecule has 4 heterocycles. The Labute approximate surface area is 190 Å². The summed E-state index contributed by atoms with van der Waals surface area (Å²) in [5.41, 5.74) is 3.51. The number of piperazine rings is 1. The molecule has 32 heavy (non-hydrogen) atoms. The minimum atomic E-state index is -0.251. The van der Waals surface area contributed by atoms with Crippen LogP contribution in [0.15, 0.2) is 36.8 Å². The predicted molar refractivity (Wildman–Crippen MR) is 124 cm³/mol. The van der Waals surface area contributed by atoms with Crippen molar-refractivity contribution < 1.29 is 9.53 Å².